The van der Waals surface area contributed by atoms with E-state index in [1.807, 2.05) is 13.0 Å². The second-order valence-electron chi connectivity index (χ2n) is 4.04. The third-order valence-electron chi connectivity index (χ3n) is 2.61. The molecule has 0 aliphatic rings. The third kappa shape index (κ3) is 3.50. The standard InChI is InChI=1S/C14H10BrCl2NO/c1-8-2-3-9(6-11(8)16)14(19)18-13-5-4-10(15)7-12(13)17/h2-7H,1H3,(H,18,19). The van der Waals surface area contributed by atoms with Crippen LogP contribution in [-0.2, 0) is 0 Å². The monoisotopic (exact) mass is 357 g/mol. The van der Waals surface area contributed by atoms with Gasteiger partial charge in [-0.15, -0.1) is 0 Å². The number of carbonyl (C=O) groups is 1. The Hall–Kier alpha value is -1.03. The predicted molar refractivity (Wildman–Crippen MR) is 83.3 cm³/mol. The van der Waals surface area contributed by atoms with Gasteiger partial charge in [-0.25, -0.2) is 0 Å². The van der Waals surface area contributed by atoms with Crippen LogP contribution < -0.4 is 5.32 Å². The first-order valence-corrected chi connectivity index (χ1v) is 7.05. The minimum atomic E-state index is -0.244. The van der Waals surface area contributed by atoms with E-state index < -0.39 is 0 Å². The Balaban J connectivity index is 2.23. The number of carbonyl (C=O) groups excluding carboxylic acids is 1. The van der Waals surface area contributed by atoms with Crippen LogP contribution in [0.1, 0.15) is 15.9 Å². The summed E-state index contributed by atoms with van der Waals surface area (Å²) < 4.78 is 0.855. The maximum atomic E-state index is 12.1. The second kappa shape index (κ2) is 5.95. The number of nitrogens with one attached hydrogen (secondary N) is 1. The lowest BCUT2D eigenvalue weighted by molar-refractivity contribution is 0.102. The number of rotatable bonds is 2. The zero-order valence-corrected chi connectivity index (χ0v) is 13.1. The van der Waals surface area contributed by atoms with Gasteiger partial charge in [-0.05, 0) is 42.8 Å². The molecule has 0 atom stereocenters. The summed E-state index contributed by atoms with van der Waals surface area (Å²) in [6.07, 6.45) is 0. The van der Waals surface area contributed by atoms with Crippen molar-refractivity contribution in [1.29, 1.82) is 0 Å². The summed E-state index contributed by atoms with van der Waals surface area (Å²) in [5.41, 5.74) is 1.99. The first-order chi connectivity index (χ1) is 8.97. The number of aryl methyl sites for hydroxylation is 1. The molecule has 0 bridgehead atoms. The molecule has 0 radical (unpaired) electrons. The Bertz CT molecular complexity index is 643. The lowest BCUT2D eigenvalue weighted by Gasteiger charge is -2.08. The third-order valence-corrected chi connectivity index (χ3v) is 3.83. The van der Waals surface area contributed by atoms with Crippen LogP contribution in [-0.4, -0.2) is 5.91 Å². The highest BCUT2D eigenvalue weighted by Gasteiger charge is 2.10. The molecular formula is C14H10BrCl2NO. The summed E-state index contributed by atoms with van der Waals surface area (Å²) in [4.78, 5) is 12.1. The minimum absolute atomic E-state index is 0.244. The van der Waals surface area contributed by atoms with Gasteiger partial charge in [-0.3, -0.25) is 4.79 Å². The van der Waals surface area contributed by atoms with Gasteiger partial charge in [0.1, 0.15) is 0 Å². The van der Waals surface area contributed by atoms with Gasteiger partial charge in [-0.1, -0.05) is 45.2 Å². The van der Waals surface area contributed by atoms with Gasteiger partial charge >= 0.3 is 0 Å². The normalized spacial score (nSPS) is 10.3. The minimum Gasteiger partial charge on any atom is -0.321 e. The highest BCUT2D eigenvalue weighted by molar-refractivity contribution is 9.10. The number of hydrogen-bond acceptors (Lipinski definition) is 1. The van der Waals surface area contributed by atoms with E-state index in [1.54, 1.807) is 30.3 Å². The summed E-state index contributed by atoms with van der Waals surface area (Å²) in [5.74, 6) is -0.244. The van der Waals surface area contributed by atoms with Crippen molar-refractivity contribution in [3.63, 3.8) is 0 Å². The van der Waals surface area contributed by atoms with Crippen LogP contribution >= 0.6 is 39.1 Å². The highest BCUT2D eigenvalue weighted by Crippen LogP contribution is 2.26. The van der Waals surface area contributed by atoms with E-state index in [0.29, 0.717) is 21.3 Å². The molecule has 1 N–H and O–H groups in total. The van der Waals surface area contributed by atoms with Crippen LogP contribution in [0, 0.1) is 6.92 Å². The van der Waals surface area contributed by atoms with E-state index in [9.17, 15) is 4.79 Å². The molecule has 0 aromatic heterocycles. The molecule has 2 rings (SSSR count). The van der Waals surface area contributed by atoms with Gasteiger partial charge in [0.15, 0.2) is 0 Å². The number of halogens is 3. The lowest BCUT2D eigenvalue weighted by atomic mass is 10.1. The first-order valence-electron chi connectivity index (χ1n) is 5.50. The van der Waals surface area contributed by atoms with Crippen molar-refractivity contribution in [2.24, 2.45) is 0 Å². The molecule has 98 valence electrons. The molecule has 2 aromatic carbocycles. The molecule has 0 unspecified atom stereocenters. The van der Waals surface area contributed by atoms with Gasteiger partial charge < -0.3 is 5.32 Å². The molecule has 0 heterocycles. The van der Waals surface area contributed by atoms with E-state index in [-0.39, 0.29) is 5.91 Å². The molecule has 0 fully saturated rings. The zero-order valence-electron chi connectivity index (χ0n) is 10.0. The Morgan fingerprint density at radius 3 is 2.47 bits per heavy atom. The van der Waals surface area contributed by atoms with Crippen LogP contribution in [0.15, 0.2) is 40.9 Å². The molecule has 19 heavy (non-hydrogen) atoms. The van der Waals surface area contributed by atoms with Gasteiger partial charge in [0, 0.05) is 15.1 Å². The molecule has 2 aromatic rings. The summed E-state index contributed by atoms with van der Waals surface area (Å²) in [6.45, 7) is 1.88. The number of benzene rings is 2. The van der Waals surface area contributed by atoms with Crippen LogP contribution in [0.2, 0.25) is 10.0 Å². The first kappa shape index (κ1) is 14.4. The Morgan fingerprint density at radius 2 is 1.84 bits per heavy atom. The predicted octanol–water partition coefficient (Wildman–Crippen LogP) is 5.32. The van der Waals surface area contributed by atoms with Crippen molar-refractivity contribution in [3.05, 3.63) is 62.0 Å². The van der Waals surface area contributed by atoms with E-state index >= 15 is 0 Å². The quantitative estimate of drug-likeness (QED) is 0.773. The van der Waals surface area contributed by atoms with E-state index in [0.717, 1.165) is 10.0 Å². The fraction of sp³-hybridized carbons (Fsp3) is 0.0714. The number of hydrogen-bond donors (Lipinski definition) is 1. The molecule has 1 amide bonds. The van der Waals surface area contributed by atoms with Crippen LogP contribution in [0.4, 0.5) is 5.69 Å². The average molecular weight is 359 g/mol. The molecule has 2 nitrogen and oxygen atoms in total. The van der Waals surface area contributed by atoms with Crippen molar-refractivity contribution in [3.8, 4) is 0 Å². The van der Waals surface area contributed by atoms with Crippen LogP contribution in [0.5, 0.6) is 0 Å². The fourth-order valence-corrected chi connectivity index (χ4v) is 2.42. The Labute approximate surface area is 129 Å². The van der Waals surface area contributed by atoms with E-state index in [4.69, 9.17) is 23.2 Å². The average Bonchev–Trinajstić information content (AvgIpc) is 2.36. The van der Waals surface area contributed by atoms with Crippen molar-refractivity contribution in [2.45, 2.75) is 6.92 Å². The largest absolute Gasteiger partial charge is 0.321 e. The SMILES string of the molecule is Cc1ccc(C(=O)Nc2ccc(Br)cc2Cl)cc1Cl. The van der Waals surface area contributed by atoms with Gasteiger partial charge in [0.2, 0.25) is 0 Å². The van der Waals surface area contributed by atoms with Gasteiger partial charge in [0.25, 0.3) is 5.91 Å². The lowest BCUT2D eigenvalue weighted by Crippen LogP contribution is -2.12. The van der Waals surface area contributed by atoms with Gasteiger partial charge in [0.05, 0.1) is 10.7 Å². The summed E-state index contributed by atoms with van der Waals surface area (Å²) in [5, 5.41) is 3.79. The molecule has 5 heteroatoms. The summed E-state index contributed by atoms with van der Waals surface area (Å²) in [7, 11) is 0. The molecular weight excluding hydrogens is 349 g/mol. The smallest absolute Gasteiger partial charge is 0.255 e. The van der Waals surface area contributed by atoms with Crippen molar-refractivity contribution >= 4 is 50.7 Å². The topological polar surface area (TPSA) is 29.1 Å². The van der Waals surface area contributed by atoms with Crippen molar-refractivity contribution in [1.82, 2.24) is 0 Å². The molecule has 0 spiro atoms. The summed E-state index contributed by atoms with van der Waals surface area (Å²) >= 11 is 15.4. The maximum Gasteiger partial charge on any atom is 0.255 e. The highest BCUT2D eigenvalue weighted by atomic mass is 79.9. The molecule has 0 aliphatic heterocycles. The zero-order chi connectivity index (χ0) is 14.0. The number of amides is 1. The van der Waals surface area contributed by atoms with Crippen LogP contribution in [0.3, 0.4) is 0 Å². The molecule has 0 saturated heterocycles. The van der Waals surface area contributed by atoms with Crippen molar-refractivity contribution < 1.29 is 4.79 Å². The summed E-state index contributed by atoms with van der Waals surface area (Å²) in [6, 6.07) is 10.4. The van der Waals surface area contributed by atoms with E-state index in [1.165, 1.54) is 0 Å². The Kier molecular flexibility index (Phi) is 4.50. The van der Waals surface area contributed by atoms with E-state index in [2.05, 4.69) is 21.2 Å². The van der Waals surface area contributed by atoms with Crippen LogP contribution in [0.25, 0.3) is 0 Å². The second-order valence-corrected chi connectivity index (χ2v) is 5.77. The Morgan fingerprint density at radius 1 is 1.11 bits per heavy atom. The van der Waals surface area contributed by atoms with Crippen molar-refractivity contribution in [2.75, 3.05) is 5.32 Å². The maximum absolute atomic E-state index is 12.1. The molecule has 0 saturated carbocycles. The fourth-order valence-electron chi connectivity index (χ4n) is 1.52. The molecule has 0 aliphatic carbocycles. The van der Waals surface area contributed by atoms with Gasteiger partial charge in [-0.2, -0.15) is 0 Å². The number of anilines is 1.